The van der Waals surface area contributed by atoms with Crippen LogP contribution in [-0.2, 0) is 10.0 Å². The Bertz CT molecular complexity index is 1410. The standard InChI is InChI=1S/C23H17ClFN3O3S/c1-28(23(29)15-4-6-16(24)7-5-15)18-10-8-17(9-11-18)27-32(30,31)21-13-12-20(25)22-19(21)3-2-14-26-22/h2-14,27H,1H3. The lowest BCUT2D eigenvalue weighted by Crippen LogP contribution is -2.26. The van der Waals surface area contributed by atoms with Gasteiger partial charge in [0.15, 0.2) is 0 Å². The van der Waals surface area contributed by atoms with Crippen molar-refractivity contribution < 1.29 is 17.6 Å². The maximum Gasteiger partial charge on any atom is 0.262 e. The second-order valence-electron chi connectivity index (χ2n) is 6.97. The van der Waals surface area contributed by atoms with Crippen LogP contribution < -0.4 is 9.62 Å². The number of pyridine rings is 1. The lowest BCUT2D eigenvalue weighted by molar-refractivity contribution is 0.0993. The lowest BCUT2D eigenvalue weighted by Gasteiger charge is -2.18. The first-order chi connectivity index (χ1) is 15.3. The van der Waals surface area contributed by atoms with Crippen LogP contribution >= 0.6 is 11.6 Å². The molecule has 1 heterocycles. The Morgan fingerprint density at radius 2 is 1.69 bits per heavy atom. The van der Waals surface area contributed by atoms with Crippen molar-refractivity contribution in [3.05, 3.63) is 95.4 Å². The number of sulfonamides is 1. The number of nitrogens with one attached hydrogen (secondary N) is 1. The molecule has 0 aliphatic carbocycles. The van der Waals surface area contributed by atoms with E-state index < -0.39 is 15.8 Å². The van der Waals surface area contributed by atoms with E-state index >= 15 is 0 Å². The highest BCUT2D eigenvalue weighted by molar-refractivity contribution is 7.93. The zero-order valence-electron chi connectivity index (χ0n) is 16.8. The van der Waals surface area contributed by atoms with Gasteiger partial charge in [0.05, 0.1) is 4.90 Å². The van der Waals surface area contributed by atoms with Crippen LogP contribution in [0.1, 0.15) is 10.4 Å². The molecule has 3 aromatic carbocycles. The number of carbonyl (C=O) groups is 1. The van der Waals surface area contributed by atoms with Crippen LogP contribution in [0, 0.1) is 5.82 Å². The van der Waals surface area contributed by atoms with Crippen molar-refractivity contribution in [3.8, 4) is 0 Å². The van der Waals surface area contributed by atoms with Crippen LogP contribution in [0.25, 0.3) is 10.9 Å². The lowest BCUT2D eigenvalue weighted by atomic mass is 10.2. The molecule has 0 radical (unpaired) electrons. The maximum atomic E-state index is 14.0. The summed E-state index contributed by atoms with van der Waals surface area (Å²) in [5.41, 5.74) is 1.32. The fourth-order valence-corrected chi connectivity index (χ4v) is 4.60. The third-order valence-corrected chi connectivity index (χ3v) is 6.56. The summed E-state index contributed by atoms with van der Waals surface area (Å²) < 4.78 is 42.3. The van der Waals surface area contributed by atoms with Crippen LogP contribution in [0.3, 0.4) is 0 Å². The van der Waals surface area contributed by atoms with E-state index in [1.165, 1.54) is 23.2 Å². The molecule has 0 bridgehead atoms. The van der Waals surface area contributed by atoms with Gasteiger partial charge in [-0.15, -0.1) is 0 Å². The van der Waals surface area contributed by atoms with Crippen LogP contribution in [0.5, 0.6) is 0 Å². The molecule has 6 nitrogen and oxygen atoms in total. The molecule has 0 saturated carbocycles. The van der Waals surface area contributed by atoms with Gasteiger partial charge in [0.1, 0.15) is 11.3 Å². The molecule has 0 unspecified atom stereocenters. The predicted octanol–water partition coefficient (Wildman–Crippen LogP) is 5.10. The summed E-state index contributed by atoms with van der Waals surface area (Å²) in [7, 11) is -2.38. The quantitative estimate of drug-likeness (QED) is 0.440. The summed E-state index contributed by atoms with van der Waals surface area (Å²) >= 11 is 5.86. The average molecular weight is 470 g/mol. The van der Waals surface area contributed by atoms with Crippen LogP contribution in [0.2, 0.25) is 5.02 Å². The first-order valence-electron chi connectivity index (χ1n) is 9.46. The van der Waals surface area contributed by atoms with Crippen LogP contribution in [0.4, 0.5) is 15.8 Å². The van der Waals surface area contributed by atoms with E-state index in [1.807, 2.05) is 0 Å². The molecule has 1 amide bonds. The summed E-state index contributed by atoms with van der Waals surface area (Å²) in [5, 5.41) is 0.718. The van der Waals surface area contributed by atoms with E-state index in [4.69, 9.17) is 11.6 Å². The Hall–Kier alpha value is -3.49. The zero-order chi connectivity index (χ0) is 22.9. The minimum Gasteiger partial charge on any atom is -0.311 e. The molecular formula is C23H17ClFN3O3S. The molecule has 0 aliphatic rings. The van der Waals surface area contributed by atoms with Crippen molar-refractivity contribution in [1.82, 2.24) is 4.98 Å². The average Bonchev–Trinajstić information content (AvgIpc) is 2.79. The summed E-state index contributed by atoms with van der Waals surface area (Å²) in [6.45, 7) is 0. The van der Waals surface area contributed by atoms with E-state index in [0.717, 1.165) is 6.07 Å². The van der Waals surface area contributed by atoms with Gasteiger partial charge in [0.25, 0.3) is 15.9 Å². The minimum atomic E-state index is -4.00. The Morgan fingerprint density at radius 3 is 2.38 bits per heavy atom. The van der Waals surface area contributed by atoms with Gasteiger partial charge in [-0.25, -0.2) is 12.8 Å². The number of anilines is 2. The summed E-state index contributed by atoms with van der Waals surface area (Å²) in [4.78, 5) is 17.9. The molecule has 4 rings (SSSR count). The van der Waals surface area contributed by atoms with Gasteiger partial charge in [-0.1, -0.05) is 11.6 Å². The Balaban J connectivity index is 1.57. The SMILES string of the molecule is CN(C(=O)c1ccc(Cl)cc1)c1ccc(NS(=O)(=O)c2ccc(F)c3ncccc23)cc1. The van der Waals surface area contributed by atoms with Gasteiger partial charge in [0, 0.05) is 40.6 Å². The number of nitrogens with zero attached hydrogens (tertiary/aromatic N) is 2. The normalized spacial score (nSPS) is 11.3. The van der Waals surface area contributed by atoms with Gasteiger partial charge >= 0.3 is 0 Å². The van der Waals surface area contributed by atoms with Crippen molar-refractivity contribution in [2.45, 2.75) is 4.90 Å². The molecule has 0 fully saturated rings. The van der Waals surface area contributed by atoms with E-state index in [2.05, 4.69) is 9.71 Å². The molecule has 1 aromatic heterocycles. The molecule has 4 aromatic rings. The number of halogens is 2. The van der Waals surface area contributed by atoms with E-state index in [-0.39, 0.29) is 21.7 Å². The third-order valence-electron chi connectivity index (χ3n) is 4.87. The van der Waals surface area contributed by atoms with E-state index in [9.17, 15) is 17.6 Å². The summed E-state index contributed by atoms with van der Waals surface area (Å²) in [5.74, 6) is -0.836. The Labute approximate surface area is 189 Å². The van der Waals surface area contributed by atoms with Gasteiger partial charge in [-0.2, -0.15) is 0 Å². The molecule has 0 saturated heterocycles. The van der Waals surface area contributed by atoms with Crippen molar-refractivity contribution >= 4 is 49.8 Å². The van der Waals surface area contributed by atoms with E-state index in [1.54, 1.807) is 61.6 Å². The third kappa shape index (κ3) is 4.28. The van der Waals surface area contributed by atoms with Crippen LogP contribution in [-0.4, -0.2) is 26.4 Å². The molecule has 162 valence electrons. The monoisotopic (exact) mass is 469 g/mol. The van der Waals surface area contributed by atoms with E-state index in [0.29, 0.717) is 22.0 Å². The molecule has 9 heteroatoms. The summed E-state index contributed by atoms with van der Waals surface area (Å²) in [6, 6.07) is 18.2. The first-order valence-corrected chi connectivity index (χ1v) is 11.3. The van der Waals surface area contributed by atoms with Gasteiger partial charge in [0.2, 0.25) is 0 Å². The maximum absolute atomic E-state index is 14.0. The van der Waals surface area contributed by atoms with Crippen LogP contribution in [0.15, 0.2) is 83.9 Å². The highest BCUT2D eigenvalue weighted by Crippen LogP contribution is 2.27. The second kappa shape index (κ2) is 8.57. The number of aromatic nitrogens is 1. The molecule has 32 heavy (non-hydrogen) atoms. The fraction of sp³-hybridized carbons (Fsp3) is 0.0435. The number of rotatable bonds is 5. The molecular weight excluding hydrogens is 453 g/mol. The number of benzene rings is 3. The Morgan fingerprint density at radius 1 is 1.00 bits per heavy atom. The molecule has 0 atom stereocenters. The number of hydrogen-bond donors (Lipinski definition) is 1. The molecule has 0 spiro atoms. The highest BCUT2D eigenvalue weighted by atomic mass is 35.5. The number of amides is 1. The fourth-order valence-electron chi connectivity index (χ4n) is 3.21. The highest BCUT2D eigenvalue weighted by Gasteiger charge is 2.20. The second-order valence-corrected chi connectivity index (χ2v) is 9.06. The zero-order valence-corrected chi connectivity index (χ0v) is 18.4. The van der Waals surface area contributed by atoms with Gasteiger partial charge in [-0.05, 0) is 72.8 Å². The summed E-state index contributed by atoms with van der Waals surface area (Å²) in [6.07, 6.45) is 1.40. The predicted molar refractivity (Wildman–Crippen MR) is 123 cm³/mol. The van der Waals surface area contributed by atoms with Crippen molar-refractivity contribution in [1.29, 1.82) is 0 Å². The smallest absolute Gasteiger partial charge is 0.262 e. The molecule has 0 aliphatic heterocycles. The van der Waals surface area contributed by atoms with Crippen molar-refractivity contribution in [3.63, 3.8) is 0 Å². The first kappa shape index (κ1) is 21.7. The number of carbonyl (C=O) groups excluding carboxylic acids is 1. The van der Waals surface area contributed by atoms with Crippen molar-refractivity contribution in [2.24, 2.45) is 0 Å². The number of fused-ring (bicyclic) bond motifs is 1. The Kier molecular flexibility index (Phi) is 5.82. The van der Waals surface area contributed by atoms with Gasteiger partial charge < -0.3 is 4.90 Å². The van der Waals surface area contributed by atoms with Crippen molar-refractivity contribution in [2.75, 3.05) is 16.7 Å². The number of hydrogen-bond acceptors (Lipinski definition) is 4. The largest absolute Gasteiger partial charge is 0.311 e. The topological polar surface area (TPSA) is 79.4 Å². The van der Waals surface area contributed by atoms with Gasteiger partial charge in [-0.3, -0.25) is 14.5 Å². The molecule has 1 N–H and O–H groups in total. The minimum absolute atomic E-state index is 0.0203.